The number of piperidine rings is 1. The molecule has 0 bridgehead atoms. The quantitative estimate of drug-likeness (QED) is 0.792. The molecule has 138 valence electrons. The second-order valence-corrected chi connectivity index (χ2v) is 7.35. The molecule has 2 saturated heterocycles. The average molecular weight is 345 g/mol. The van der Waals surface area contributed by atoms with E-state index in [0.717, 1.165) is 44.2 Å². The molecular formula is C20H32N4O. The van der Waals surface area contributed by atoms with Crippen LogP contribution < -0.4 is 0 Å². The van der Waals surface area contributed by atoms with Crippen molar-refractivity contribution in [1.82, 2.24) is 19.7 Å². The Labute approximate surface area is 152 Å². The van der Waals surface area contributed by atoms with Crippen LogP contribution in [0.2, 0.25) is 0 Å². The molecule has 0 spiro atoms. The summed E-state index contributed by atoms with van der Waals surface area (Å²) in [6.45, 7) is 9.84. The summed E-state index contributed by atoms with van der Waals surface area (Å²) in [5.41, 5.74) is 1.15. The molecule has 1 aromatic rings. The highest BCUT2D eigenvalue weighted by Crippen LogP contribution is 2.19. The summed E-state index contributed by atoms with van der Waals surface area (Å²) >= 11 is 0. The highest BCUT2D eigenvalue weighted by Gasteiger charge is 2.28. The molecule has 5 nitrogen and oxygen atoms in total. The van der Waals surface area contributed by atoms with Gasteiger partial charge in [-0.25, -0.2) is 0 Å². The number of piperazine rings is 1. The van der Waals surface area contributed by atoms with Gasteiger partial charge in [0.2, 0.25) is 5.91 Å². The van der Waals surface area contributed by atoms with E-state index in [4.69, 9.17) is 0 Å². The van der Waals surface area contributed by atoms with Crippen molar-refractivity contribution in [2.45, 2.75) is 45.1 Å². The van der Waals surface area contributed by atoms with Crippen LogP contribution in [0.5, 0.6) is 0 Å². The molecule has 0 atom stereocenters. The summed E-state index contributed by atoms with van der Waals surface area (Å²) in [6.07, 6.45) is 8.85. The molecular weight excluding hydrogens is 312 g/mol. The van der Waals surface area contributed by atoms with E-state index in [1.807, 2.05) is 18.3 Å². The lowest BCUT2D eigenvalue weighted by Crippen LogP contribution is -2.54. The lowest BCUT2D eigenvalue weighted by Gasteiger charge is -2.42. The van der Waals surface area contributed by atoms with Gasteiger partial charge < -0.3 is 9.80 Å². The summed E-state index contributed by atoms with van der Waals surface area (Å²) in [7, 11) is 0. The molecule has 0 N–H and O–H groups in total. The maximum atomic E-state index is 12.4. The van der Waals surface area contributed by atoms with Crippen LogP contribution in [0.25, 0.3) is 0 Å². The van der Waals surface area contributed by atoms with E-state index in [-0.39, 0.29) is 0 Å². The predicted molar refractivity (Wildman–Crippen MR) is 100 cm³/mol. The molecule has 0 aliphatic carbocycles. The zero-order chi connectivity index (χ0) is 17.5. The fourth-order valence-electron chi connectivity index (χ4n) is 4.12. The number of hydrogen-bond acceptors (Lipinski definition) is 4. The maximum Gasteiger partial charge on any atom is 0.222 e. The maximum absolute atomic E-state index is 12.4. The van der Waals surface area contributed by atoms with E-state index >= 15 is 0 Å². The Morgan fingerprint density at radius 2 is 1.92 bits per heavy atom. The van der Waals surface area contributed by atoms with E-state index < -0.39 is 0 Å². The Kier molecular flexibility index (Phi) is 6.82. The average Bonchev–Trinajstić information content (AvgIpc) is 2.68. The summed E-state index contributed by atoms with van der Waals surface area (Å²) in [5.74, 6) is 0.293. The van der Waals surface area contributed by atoms with Crippen LogP contribution in [0.1, 0.15) is 38.2 Å². The van der Waals surface area contributed by atoms with Gasteiger partial charge in [-0.1, -0.05) is 13.0 Å². The normalized spacial score (nSPS) is 20.8. The minimum Gasteiger partial charge on any atom is -0.340 e. The van der Waals surface area contributed by atoms with Crippen LogP contribution in [0.4, 0.5) is 0 Å². The molecule has 25 heavy (non-hydrogen) atoms. The fraction of sp³-hybridized carbons (Fsp3) is 0.700. The molecule has 0 aromatic carbocycles. The third kappa shape index (κ3) is 5.25. The molecule has 3 heterocycles. The fourth-order valence-corrected chi connectivity index (χ4v) is 4.12. The van der Waals surface area contributed by atoms with E-state index in [2.05, 4.69) is 26.6 Å². The Morgan fingerprint density at radius 3 is 2.56 bits per heavy atom. The molecule has 0 radical (unpaired) electrons. The van der Waals surface area contributed by atoms with Gasteiger partial charge in [-0.3, -0.25) is 14.7 Å². The molecule has 2 fully saturated rings. The van der Waals surface area contributed by atoms with Gasteiger partial charge in [0.15, 0.2) is 0 Å². The SMILES string of the molecule is CCCN1CCC(N2CCN(C(=O)CCc3cccnc3)CC2)CC1. The van der Waals surface area contributed by atoms with Gasteiger partial charge in [-0.05, 0) is 56.9 Å². The number of carbonyl (C=O) groups excluding carboxylic acids is 1. The number of carbonyl (C=O) groups is 1. The van der Waals surface area contributed by atoms with Gasteiger partial charge in [0, 0.05) is 51.0 Å². The van der Waals surface area contributed by atoms with E-state index in [0.29, 0.717) is 12.3 Å². The van der Waals surface area contributed by atoms with Crippen LogP contribution in [0, 0.1) is 0 Å². The predicted octanol–water partition coefficient (Wildman–Crippen LogP) is 2.03. The van der Waals surface area contributed by atoms with Crippen molar-refractivity contribution in [1.29, 1.82) is 0 Å². The standard InChI is InChI=1S/C20H32N4O/c1-2-10-22-11-7-19(8-12-22)23-13-15-24(16-14-23)20(25)6-5-18-4-3-9-21-17-18/h3-4,9,17,19H,2,5-8,10-16H2,1H3. The summed E-state index contributed by atoms with van der Waals surface area (Å²) < 4.78 is 0. The van der Waals surface area contributed by atoms with E-state index in [1.165, 1.54) is 38.9 Å². The zero-order valence-electron chi connectivity index (χ0n) is 15.6. The van der Waals surface area contributed by atoms with Crippen LogP contribution in [0.15, 0.2) is 24.5 Å². The molecule has 3 rings (SSSR count). The number of nitrogens with zero attached hydrogens (tertiary/aromatic N) is 4. The number of aryl methyl sites for hydroxylation is 1. The van der Waals surface area contributed by atoms with Gasteiger partial charge in [0.25, 0.3) is 0 Å². The first-order chi connectivity index (χ1) is 12.3. The monoisotopic (exact) mass is 344 g/mol. The molecule has 1 aromatic heterocycles. The van der Waals surface area contributed by atoms with Crippen molar-refractivity contribution in [3.05, 3.63) is 30.1 Å². The minimum absolute atomic E-state index is 0.293. The molecule has 0 unspecified atom stereocenters. The largest absolute Gasteiger partial charge is 0.340 e. The molecule has 5 heteroatoms. The van der Waals surface area contributed by atoms with E-state index in [1.54, 1.807) is 6.20 Å². The van der Waals surface area contributed by atoms with Crippen LogP contribution >= 0.6 is 0 Å². The van der Waals surface area contributed by atoms with Crippen LogP contribution in [-0.2, 0) is 11.2 Å². The number of amides is 1. The molecule has 2 aliphatic heterocycles. The summed E-state index contributed by atoms with van der Waals surface area (Å²) in [5, 5.41) is 0. The van der Waals surface area contributed by atoms with Crippen LogP contribution in [0.3, 0.4) is 0 Å². The van der Waals surface area contributed by atoms with Crippen molar-refractivity contribution in [2.75, 3.05) is 45.8 Å². The Balaban J connectivity index is 1.37. The van der Waals surface area contributed by atoms with Crippen molar-refractivity contribution in [3.8, 4) is 0 Å². The van der Waals surface area contributed by atoms with Crippen molar-refractivity contribution in [2.24, 2.45) is 0 Å². The lowest BCUT2D eigenvalue weighted by molar-refractivity contribution is -0.133. The Morgan fingerprint density at radius 1 is 1.16 bits per heavy atom. The summed E-state index contributed by atoms with van der Waals surface area (Å²) in [4.78, 5) is 23.8. The van der Waals surface area contributed by atoms with Gasteiger partial charge in [-0.15, -0.1) is 0 Å². The zero-order valence-corrected chi connectivity index (χ0v) is 15.6. The topological polar surface area (TPSA) is 39.7 Å². The van der Waals surface area contributed by atoms with Gasteiger partial charge in [-0.2, -0.15) is 0 Å². The van der Waals surface area contributed by atoms with Gasteiger partial charge in [0.05, 0.1) is 0 Å². The Hall–Kier alpha value is -1.46. The number of rotatable bonds is 6. The molecule has 1 amide bonds. The highest BCUT2D eigenvalue weighted by molar-refractivity contribution is 5.76. The Bertz CT molecular complexity index is 520. The minimum atomic E-state index is 0.293. The third-order valence-electron chi connectivity index (χ3n) is 5.63. The van der Waals surface area contributed by atoms with Crippen molar-refractivity contribution in [3.63, 3.8) is 0 Å². The first-order valence-corrected chi connectivity index (χ1v) is 9.89. The van der Waals surface area contributed by atoms with Crippen LogP contribution in [-0.4, -0.2) is 77.4 Å². The highest BCUT2D eigenvalue weighted by atomic mass is 16.2. The van der Waals surface area contributed by atoms with Crippen molar-refractivity contribution < 1.29 is 4.79 Å². The number of likely N-dealkylation sites (tertiary alicyclic amines) is 1. The van der Waals surface area contributed by atoms with Gasteiger partial charge >= 0.3 is 0 Å². The smallest absolute Gasteiger partial charge is 0.222 e. The summed E-state index contributed by atoms with van der Waals surface area (Å²) in [6, 6.07) is 4.70. The molecule has 0 saturated carbocycles. The number of pyridine rings is 1. The number of aromatic nitrogens is 1. The second-order valence-electron chi connectivity index (χ2n) is 7.35. The first kappa shape index (κ1) is 18.3. The molecule has 2 aliphatic rings. The second kappa shape index (κ2) is 9.30. The van der Waals surface area contributed by atoms with Gasteiger partial charge in [0.1, 0.15) is 0 Å². The number of hydrogen-bond donors (Lipinski definition) is 0. The van der Waals surface area contributed by atoms with E-state index in [9.17, 15) is 4.79 Å². The lowest BCUT2D eigenvalue weighted by atomic mass is 10.0. The third-order valence-corrected chi connectivity index (χ3v) is 5.63. The first-order valence-electron chi connectivity index (χ1n) is 9.89. The van der Waals surface area contributed by atoms with Crippen molar-refractivity contribution >= 4 is 5.91 Å².